The predicted molar refractivity (Wildman–Crippen MR) is 134 cm³/mol. The molecular weight excluding hydrogens is 440 g/mol. The highest BCUT2D eigenvalue weighted by Gasteiger charge is 2.68. The first-order valence-corrected chi connectivity index (χ1v) is 13.4. The first-order valence-electron chi connectivity index (χ1n) is 13.4. The molecule has 2 aromatic carbocycles. The molecule has 7 rings (SSSR count). The lowest BCUT2D eigenvalue weighted by Gasteiger charge is -2.61. The summed E-state index contributed by atoms with van der Waals surface area (Å²) in [6, 6.07) is 18.6. The van der Waals surface area contributed by atoms with Crippen LogP contribution in [0.3, 0.4) is 0 Å². The quantitative estimate of drug-likeness (QED) is 0.354. The molecule has 35 heavy (non-hydrogen) atoms. The minimum atomic E-state index is -0.329. The molecule has 1 spiro atoms. The van der Waals surface area contributed by atoms with Crippen molar-refractivity contribution in [2.75, 3.05) is 13.2 Å². The van der Waals surface area contributed by atoms with Gasteiger partial charge in [0.05, 0.1) is 12.7 Å². The average Bonchev–Trinajstić information content (AvgIpc) is 3.11. The highest BCUT2D eigenvalue weighted by atomic mass is 17.2. The van der Waals surface area contributed by atoms with Crippen LogP contribution in [0.2, 0.25) is 0 Å². The maximum Gasteiger partial charge on any atom is 0.161 e. The van der Waals surface area contributed by atoms with Crippen LogP contribution in [-0.2, 0) is 19.2 Å². The molecule has 0 radical (unpaired) electrons. The molecule has 2 saturated carbocycles. The third-order valence-electron chi connectivity index (χ3n) is 9.23. The molecule has 2 aromatic rings. The summed E-state index contributed by atoms with van der Waals surface area (Å²) in [6.07, 6.45) is 5.24. The SMILES string of the molecule is C[C@H]1[C@@H](OCCOc2ccc(-c3ccccc3)cc2)O[C@@H]2C[C@@]3(C)CC[C@H]4[C@H](C)CC[C@@H]1[C@@]24OO3. The van der Waals surface area contributed by atoms with Gasteiger partial charge in [-0.05, 0) is 67.7 Å². The topological polar surface area (TPSA) is 46.2 Å². The van der Waals surface area contributed by atoms with Gasteiger partial charge in [-0.2, -0.15) is 0 Å². The second-order valence-corrected chi connectivity index (χ2v) is 11.4. The molecule has 0 N–H and O–H groups in total. The third kappa shape index (κ3) is 4.11. The molecule has 5 aliphatic rings. The van der Waals surface area contributed by atoms with Crippen LogP contribution in [0.5, 0.6) is 5.75 Å². The van der Waals surface area contributed by atoms with E-state index in [-0.39, 0.29) is 29.5 Å². The lowest BCUT2D eigenvalue weighted by molar-refractivity contribution is -0.495. The van der Waals surface area contributed by atoms with E-state index in [4.69, 9.17) is 24.0 Å². The van der Waals surface area contributed by atoms with Gasteiger partial charge >= 0.3 is 0 Å². The minimum absolute atomic E-state index is 0.0224. The maximum atomic E-state index is 6.69. The number of ether oxygens (including phenoxy) is 3. The largest absolute Gasteiger partial charge is 0.491 e. The Labute approximate surface area is 209 Å². The molecule has 0 unspecified atom stereocenters. The summed E-state index contributed by atoms with van der Waals surface area (Å²) in [5.41, 5.74) is 1.80. The van der Waals surface area contributed by atoms with Crippen molar-refractivity contribution in [1.29, 1.82) is 0 Å². The molecule has 2 bridgehead atoms. The van der Waals surface area contributed by atoms with Gasteiger partial charge in [0.2, 0.25) is 0 Å². The van der Waals surface area contributed by atoms with Crippen LogP contribution >= 0.6 is 0 Å². The van der Waals surface area contributed by atoms with Crippen LogP contribution in [-0.4, -0.2) is 36.8 Å². The highest BCUT2D eigenvalue weighted by molar-refractivity contribution is 5.63. The van der Waals surface area contributed by atoms with E-state index in [1.54, 1.807) is 0 Å². The molecular formula is C30H38O5. The van der Waals surface area contributed by atoms with Crippen LogP contribution < -0.4 is 4.74 Å². The summed E-state index contributed by atoms with van der Waals surface area (Å²) >= 11 is 0. The normalized spacial score (nSPS) is 40.1. The van der Waals surface area contributed by atoms with Gasteiger partial charge in [-0.3, -0.25) is 0 Å². The van der Waals surface area contributed by atoms with Gasteiger partial charge < -0.3 is 14.2 Å². The van der Waals surface area contributed by atoms with Crippen LogP contribution in [0.4, 0.5) is 0 Å². The van der Waals surface area contributed by atoms with Crippen LogP contribution in [0, 0.1) is 23.7 Å². The lowest BCUT2D eigenvalue weighted by atomic mass is 9.56. The summed E-state index contributed by atoms with van der Waals surface area (Å²) < 4.78 is 19.0. The molecule has 5 fully saturated rings. The molecule has 0 aromatic heterocycles. The van der Waals surface area contributed by atoms with Crippen LogP contribution in [0.1, 0.15) is 52.9 Å². The van der Waals surface area contributed by atoms with Crippen LogP contribution in [0.15, 0.2) is 54.6 Å². The fraction of sp³-hybridized carbons (Fsp3) is 0.600. The van der Waals surface area contributed by atoms with E-state index in [9.17, 15) is 0 Å². The Balaban J connectivity index is 1.08. The number of rotatable bonds is 6. The van der Waals surface area contributed by atoms with Crippen molar-refractivity contribution in [1.82, 2.24) is 0 Å². The van der Waals surface area contributed by atoms with Gasteiger partial charge in [0.1, 0.15) is 23.6 Å². The van der Waals surface area contributed by atoms with E-state index in [1.165, 1.54) is 17.5 Å². The van der Waals surface area contributed by atoms with E-state index in [0.29, 0.717) is 31.0 Å². The minimum Gasteiger partial charge on any atom is -0.491 e. The zero-order valence-electron chi connectivity index (χ0n) is 21.2. The maximum absolute atomic E-state index is 6.69. The van der Waals surface area contributed by atoms with Gasteiger partial charge in [-0.25, -0.2) is 9.78 Å². The monoisotopic (exact) mass is 478 g/mol. The Morgan fingerprint density at radius 2 is 1.63 bits per heavy atom. The summed E-state index contributed by atoms with van der Waals surface area (Å²) in [5.74, 6) is 2.61. The Morgan fingerprint density at radius 3 is 2.43 bits per heavy atom. The van der Waals surface area contributed by atoms with Crippen molar-refractivity contribution < 1.29 is 24.0 Å². The number of fused-ring (bicyclic) bond motifs is 2. The Kier molecular flexibility index (Phi) is 6.16. The fourth-order valence-corrected chi connectivity index (χ4v) is 7.31. The van der Waals surface area contributed by atoms with Gasteiger partial charge in [0.15, 0.2) is 6.29 Å². The van der Waals surface area contributed by atoms with E-state index in [2.05, 4.69) is 57.2 Å². The highest BCUT2D eigenvalue weighted by Crippen LogP contribution is 2.61. The molecule has 188 valence electrons. The van der Waals surface area contributed by atoms with E-state index >= 15 is 0 Å². The molecule has 2 aliphatic carbocycles. The lowest BCUT2D eigenvalue weighted by Crippen LogP contribution is -2.69. The van der Waals surface area contributed by atoms with Gasteiger partial charge in [0.25, 0.3) is 0 Å². The Morgan fingerprint density at radius 1 is 0.857 bits per heavy atom. The van der Waals surface area contributed by atoms with Crippen molar-refractivity contribution in [3.05, 3.63) is 54.6 Å². The fourth-order valence-electron chi connectivity index (χ4n) is 7.31. The van der Waals surface area contributed by atoms with Crippen molar-refractivity contribution >= 4 is 0 Å². The smallest absolute Gasteiger partial charge is 0.161 e. The molecule has 3 heterocycles. The zero-order valence-corrected chi connectivity index (χ0v) is 21.2. The molecule has 3 aliphatic heterocycles. The molecule has 5 heteroatoms. The van der Waals surface area contributed by atoms with Crippen molar-refractivity contribution in [2.45, 2.75) is 76.5 Å². The zero-order chi connectivity index (χ0) is 24.0. The summed E-state index contributed by atoms with van der Waals surface area (Å²) in [7, 11) is 0. The summed E-state index contributed by atoms with van der Waals surface area (Å²) in [6.45, 7) is 7.81. The van der Waals surface area contributed by atoms with E-state index in [1.807, 2.05) is 18.2 Å². The van der Waals surface area contributed by atoms with Crippen molar-refractivity contribution in [3.8, 4) is 16.9 Å². The third-order valence-corrected chi connectivity index (χ3v) is 9.23. The molecule has 5 nitrogen and oxygen atoms in total. The molecule has 0 amide bonds. The number of hydrogen-bond donors (Lipinski definition) is 0. The second kappa shape index (κ2) is 9.19. The Bertz CT molecular complexity index is 1010. The van der Waals surface area contributed by atoms with Gasteiger partial charge in [0, 0.05) is 18.3 Å². The average molecular weight is 479 g/mol. The Hall–Kier alpha value is -1.92. The van der Waals surface area contributed by atoms with Crippen molar-refractivity contribution in [3.63, 3.8) is 0 Å². The van der Waals surface area contributed by atoms with E-state index in [0.717, 1.165) is 31.4 Å². The number of benzene rings is 2. The summed E-state index contributed by atoms with van der Waals surface area (Å²) in [5, 5.41) is 0. The van der Waals surface area contributed by atoms with Gasteiger partial charge in [-0.1, -0.05) is 56.3 Å². The van der Waals surface area contributed by atoms with Crippen LogP contribution in [0.25, 0.3) is 11.1 Å². The van der Waals surface area contributed by atoms with Gasteiger partial charge in [-0.15, -0.1) is 0 Å². The first kappa shape index (κ1) is 23.5. The predicted octanol–water partition coefficient (Wildman–Crippen LogP) is 6.42. The van der Waals surface area contributed by atoms with E-state index < -0.39 is 0 Å². The molecule has 3 saturated heterocycles. The number of hydrogen-bond acceptors (Lipinski definition) is 5. The van der Waals surface area contributed by atoms with Crippen molar-refractivity contribution in [2.24, 2.45) is 23.7 Å². The standard InChI is InChI=1S/C30H38O5/c1-20-9-14-26-21(2)28(33-27-19-29(3)16-15-25(20)30(26,27)35-34-29)32-18-17-31-24-12-10-23(11-13-24)22-7-5-4-6-8-22/h4-8,10-13,20-21,25-28H,9,14-19H2,1-3H3/t20-,21-,25+,26+,27-,28+,29-,30-/m1/s1. The first-order chi connectivity index (χ1) is 17.0. The molecule has 8 atom stereocenters. The summed E-state index contributed by atoms with van der Waals surface area (Å²) in [4.78, 5) is 12.4. The second-order valence-electron chi connectivity index (χ2n) is 11.4.